The highest BCUT2D eigenvalue weighted by Gasteiger charge is 2.31. The summed E-state index contributed by atoms with van der Waals surface area (Å²) in [5.74, 6) is -1.20. The van der Waals surface area contributed by atoms with Crippen LogP contribution in [0.3, 0.4) is 0 Å². The summed E-state index contributed by atoms with van der Waals surface area (Å²) < 4.78 is 25.1. The van der Waals surface area contributed by atoms with E-state index in [9.17, 15) is 19.2 Å². The van der Waals surface area contributed by atoms with Crippen LogP contribution in [-0.4, -0.2) is 69.4 Å². The minimum atomic E-state index is -0.481. The summed E-state index contributed by atoms with van der Waals surface area (Å²) in [6, 6.07) is 42.5. The summed E-state index contributed by atoms with van der Waals surface area (Å²) >= 11 is 14.3. The summed E-state index contributed by atoms with van der Waals surface area (Å²) in [6.45, 7) is 7.81. The van der Waals surface area contributed by atoms with Crippen LogP contribution in [0, 0.1) is 0 Å². The number of ether oxygens (including phenoxy) is 4. The molecular weight excluding hydrogens is 904 g/mol. The number of carbonyl (C=O) groups excluding carboxylic acids is 4. The number of aromatic nitrogens is 4. The van der Waals surface area contributed by atoms with Crippen molar-refractivity contribution in [3.8, 4) is 68.1 Å². The van der Waals surface area contributed by atoms with Crippen molar-refractivity contribution >= 4 is 47.1 Å². The molecule has 6 aromatic carbocycles. The van der Waals surface area contributed by atoms with Crippen molar-refractivity contribution in [2.75, 3.05) is 26.4 Å². The lowest BCUT2D eigenvalue weighted by molar-refractivity contribution is 0.0517. The van der Waals surface area contributed by atoms with Crippen LogP contribution in [0.4, 0.5) is 0 Å². The van der Waals surface area contributed by atoms with Gasteiger partial charge in [-0.1, -0.05) is 96.0 Å². The number of benzene rings is 6. The molecule has 2 heterocycles. The molecule has 0 saturated heterocycles. The predicted octanol–water partition coefficient (Wildman–Crippen LogP) is 12.4. The van der Waals surface area contributed by atoms with Gasteiger partial charge in [-0.05, 0) is 100 Å². The van der Waals surface area contributed by atoms with Crippen molar-refractivity contribution in [1.29, 1.82) is 0 Å². The van der Waals surface area contributed by atoms with Crippen LogP contribution in [0.2, 0.25) is 10.0 Å². The van der Waals surface area contributed by atoms with Gasteiger partial charge in [0.15, 0.2) is 0 Å². The Kier molecular flexibility index (Phi) is 14.3. The van der Waals surface area contributed by atoms with Gasteiger partial charge in [-0.15, -0.1) is 0 Å². The SMILES string of the molecule is CCOC(=O)c1ccc(-c2nc(-c3ccccc3Cl)n(-c3nc(-c4ccc(C(=O)OCC)cc4)c(-c4ccc(C(=O)OCC)cc4)n3-c3ccccc3Cl)c2-c2ccc(C(=O)OCC)cc2)cc1. The van der Waals surface area contributed by atoms with Crippen LogP contribution < -0.4 is 0 Å². The van der Waals surface area contributed by atoms with Gasteiger partial charge in [-0.3, -0.25) is 9.13 Å². The number of esters is 4. The Balaban J connectivity index is 1.52. The number of hydrogen-bond acceptors (Lipinski definition) is 10. The molecule has 8 aromatic rings. The minimum Gasteiger partial charge on any atom is -0.462 e. The van der Waals surface area contributed by atoms with Crippen LogP contribution >= 0.6 is 23.2 Å². The molecule has 0 aliphatic heterocycles. The minimum absolute atomic E-state index is 0.201. The molecule has 0 atom stereocenters. The first-order valence-corrected chi connectivity index (χ1v) is 22.7. The third kappa shape index (κ3) is 9.42. The largest absolute Gasteiger partial charge is 0.462 e. The van der Waals surface area contributed by atoms with E-state index in [0.29, 0.717) is 100 Å². The highest BCUT2D eigenvalue weighted by molar-refractivity contribution is 6.33. The first kappa shape index (κ1) is 46.7. The monoisotopic (exact) mass is 946 g/mol. The fourth-order valence-corrected chi connectivity index (χ4v) is 8.15. The first-order chi connectivity index (χ1) is 33.1. The lowest BCUT2D eigenvalue weighted by atomic mass is 10.0. The average molecular weight is 948 g/mol. The van der Waals surface area contributed by atoms with Crippen LogP contribution in [-0.2, 0) is 18.9 Å². The van der Waals surface area contributed by atoms with Gasteiger partial charge >= 0.3 is 23.9 Å². The topological polar surface area (TPSA) is 141 Å². The van der Waals surface area contributed by atoms with E-state index in [2.05, 4.69) is 0 Å². The average Bonchev–Trinajstić information content (AvgIpc) is 3.94. The highest BCUT2D eigenvalue weighted by Crippen LogP contribution is 2.45. The predicted molar refractivity (Wildman–Crippen MR) is 262 cm³/mol. The summed E-state index contributed by atoms with van der Waals surface area (Å²) in [5, 5.41) is 0.779. The van der Waals surface area contributed by atoms with E-state index in [1.54, 1.807) is 125 Å². The molecule has 14 heteroatoms. The van der Waals surface area contributed by atoms with E-state index >= 15 is 0 Å². The molecule has 0 amide bonds. The van der Waals surface area contributed by atoms with Crippen molar-refractivity contribution in [3.63, 3.8) is 0 Å². The van der Waals surface area contributed by atoms with Crippen molar-refractivity contribution in [2.45, 2.75) is 27.7 Å². The Morgan fingerprint density at radius 3 is 1.18 bits per heavy atom. The summed E-state index contributed by atoms with van der Waals surface area (Å²) in [5.41, 5.74) is 7.09. The number of rotatable bonds is 15. The quantitative estimate of drug-likeness (QED) is 0.0720. The molecule has 68 heavy (non-hydrogen) atoms. The van der Waals surface area contributed by atoms with Gasteiger partial charge in [-0.2, -0.15) is 0 Å². The number of carbonyl (C=O) groups is 4. The molecular formula is C54H44Cl2N4O8. The van der Waals surface area contributed by atoms with E-state index in [1.807, 2.05) is 57.7 Å². The molecule has 8 rings (SSSR count). The zero-order valence-corrected chi connectivity index (χ0v) is 39.0. The van der Waals surface area contributed by atoms with Gasteiger partial charge in [0.25, 0.3) is 0 Å². The van der Waals surface area contributed by atoms with Crippen LogP contribution in [0.1, 0.15) is 69.1 Å². The molecule has 0 bridgehead atoms. The molecule has 0 aliphatic carbocycles. The molecule has 0 aliphatic rings. The van der Waals surface area contributed by atoms with E-state index < -0.39 is 23.9 Å². The Bertz CT molecular complexity index is 3140. The number of para-hydroxylation sites is 1. The second-order valence-corrected chi connectivity index (χ2v) is 15.8. The van der Waals surface area contributed by atoms with Crippen molar-refractivity contribution in [2.24, 2.45) is 0 Å². The number of nitrogens with zero attached hydrogens (tertiary/aromatic N) is 4. The molecule has 12 nitrogen and oxygen atoms in total. The zero-order chi connectivity index (χ0) is 47.9. The van der Waals surface area contributed by atoms with Gasteiger partial charge in [0.05, 0.1) is 87.2 Å². The van der Waals surface area contributed by atoms with Crippen molar-refractivity contribution < 1.29 is 38.1 Å². The van der Waals surface area contributed by atoms with E-state index in [4.69, 9.17) is 52.1 Å². The third-order valence-electron chi connectivity index (χ3n) is 10.8. The van der Waals surface area contributed by atoms with Crippen molar-refractivity contribution in [3.05, 3.63) is 178 Å². The van der Waals surface area contributed by atoms with E-state index in [0.717, 1.165) is 0 Å². The standard InChI is InChI=1S/C54H44Cl2N4O8/c1-5-65-50(61)37-25-17-33(18-26-37)45-48(36-23-31-40(32-24-36)53(64)68-8-4)60(49(57-45)41-13-9-10-14-42(41)55)54-58-46(34-19-27-38(28-20-34)51(62)66-6-2)47(59(54)44-16-12-11-15-43(44)56)35-21-29-39(30-22-35)52(63)67-7-3/h9-32H,5-8H2,1-4H3. The summed E-state index contributed by atoms with van der Waals surface area (Å²) in [7, 11) is 0. The third-order valence-corrected chi connectivity index (χ3v) is 11.5. The fraction of sp³-hybridized carbons (Fsp3) is 0.148. The Morgan fingerprint density at radius 2 is 0.779 bits per heavy atom. The Labute approximate surface area is 402 Å². The van der Waals surface area contributed by atoms with Crippen LogP contribution in [0.5, 0.6) is 0 Å². The summed E-state index contributed by atoms with van der Waals surface area (Å²) in [6.07, 6.45) is 0. The zero-order valence-electron chi connectivity index (χ0n) is 37.5. The maximum atomic E-state index is 13.0. The van der Waals surface area contributed by atoms with Gasteiger partial charge in [0.1, 0.15) is 5.82 Å². The molecule has 0 N–H and O–H groups in total. The van der Waals surface area contributed by atoms with Gasteiger partial charge in [0, 0.05) is 27.8 Å². The van der Waals surface area contributed by atoms with Crippen molar-refractivity contribution in [1.82, 2.24) is 19.1 Å². The molecule has 342 valence electrons. The fourth-order valence-electron chi connectivity index (χ4n) is 7.71. The smallest absolute Gasteiger partial charge is 0.338 e. The molecule has 0 spiro atoms. The van der Waals surface area contributed by atoms with Gasteiger partial charge in [0.2, 0.25) is 5.95 Å². The Hall–Kier alpha value is -7.80. The molecule has 0 radical (unpaired) electrons. The second-order valence-electron chi connectivity index (χ2n) is 15.0. The maximum absolute atomic E-state index is 13.0. The van der Waals surface area contributed by atoms with Gasteiger partial charge < -0.3 is 18.9 Å². The normalized spacial score (nSPS) is 11.0. The first-order valence-electron chi connectivity index (χ1n) is 21.9. The van der Waals surface area contributed by atoms with E-state index in [-0.39, 0.29) is 26.4 Å². The molecule has 0 unspecified atom stereocenters. The number of hydrogen-bond donors (Lipinski definition) is 0. The van der Waals surface area contributed by atoms with Gasteiger partial charge in [-0.25, -0.2) is 29.1 Å². The van der Waals surface area contributed by atoms with E-state index in [1.165, 1.54) is 0 Å². The number of halogens is 2. The molecule has 2 aromatic heterocycles. The summed E-state index contributed by atoms with van der Waals surface area (Å²) in [4.78, 5) is 62.6. The molecule has 0 saturated carbocycles. The second kappa shape index (κ2) is 20.8. The maximum Gasteiger partial charge on any atom is 0.338 e. The van der Waals surface area contributed by atoms with Crippen LogP contribution in [0.25, 0.3) is 68.1 Å². The highest BCUT2D eigenvalue weighted by atomic mass is 35.5. The molecule has 0 fully saturated rings. The Morgan fingerprint density at radius 1 is 0.426 bits per heavy atom. The van der Waals surface area contributed by atoms with Crippen LogP contribution in [0.15, 0.2) is 146 Å². The lowest BCUT2D eigenvalue weighted by Crippen LogP contribution is -2.10. The lowest BCUT2D eigenvalue weighted by Gasteiger charge is -2.18. The number of imidazole rings is 2.